The zero-order chi connectivity index (χ0) is 18.0. The lowest BCUT2D eigenvalue weighted by Gasteiger charge is -2.11. The second-order valence-corrected chi connectivity index (χ2v) is 5.81. The van der Waals surface area contributed by atoms with Crippen molar-refractivity contribution in [2.24, 2.45) is 0 Å². The quantitative estimate of drug-likeness (QED) is 0.850. The van der Waals surface area contributed by atoms with E-state index in [0.717, 1.165) is 5.56 Å². The van der Waals surface area contributed by atoms with Gasteiger partial charge in [-0.05, 0) is 42.3 Å². The third kappa shape index (κ3) is 3.08. The molecule has 1 heterocycles. The molecule has 0 atom stereocenters. The van der Waals surface area contributed by atoms with Gasteiger partial charge in [-0.3, -0.25) is 19.3 Å². The van der Waals surface area contributed by atoms with E-state index in [-0.39, 0.29) is 23.3 Å². The molecule has 5 nitrogen and oxygen atoms in total. The molecule has 3 rings (SSSR count). The number of carbonyl (C=O) groups excluding carboxylic acids is 3. The molecule has 1 N–H and O–H groups in total. The Balaban J connectivity index is 1.85. The first-order valence-corrected chi connectivity index (χ1v) is 8.09. The average Bonchev–Trinajstić information content (AvgIpc) is 2.86. The van der Waals surface area contributed by atoms with Crippen molar-refractivity contribution < 1.29 is 14.4 Å². The highest BCUT2D eigenvalue weighted by Crippen LogP contribution is 2.24. The number of amides is 3. The van der Waals surface area contributed by atoms with Gasteiger partial charge in [0.05, 0.1) is 11.1 Å². The van der Waals surface area contributed by atoms with Gasteiger partial charge in [0.1, 0.15) is 0 Å². The Labute approximate surface area is 146 Å². The van der Waals surface area contributed by atoms with Gasteiger partial charge < -0.3 is 5.32 Å². The van der Waals surface area contributed by atoms with E-state index < -0.39 is 0 Å². The maximum atomic E-state index is 12.5. The first-order chi connectivity index (χ1) is 12.0. The van der Waals surface area contributed by atoms with Gasteiger partial charge in [0, 0.05) is 17.8 Å². The average molecular weight is 334 g/mol. The summed E-state index contributed by atoms with van der Waals surface area (Å²) in [6, 6.07) is 11.9. The summed E-state index contributed by atoms with van der Waals surface area (Å²) >= 11 is 0. The van der Waals surface area contributed by atoms with E-state index in [1.54, 1.807) is 30.3 Å². The summed E-state index contributed by atoms with van der Waals surface area (Å²) in [5, 5.41) is 2.79. The number of carbonyl (C=O) groups is 3. The smallest absolute Gasteiger partial charge is 0.261 e. The number of hydrogen-bond acceptors (Lipinski definition) is 3. The third-order valence-corrected chi connectivity index (χ3v) is 4.06. The fraction of sp³-hybridized carbons (Fsp3) is 0.150. The molecular formula is C20H18N2O3. The molecule has 1 aliphatic rings. The number of imide groups is 1. The van der Waals surface area contributed by atoms with Crippen LogP contribution in [0.1, 0.15) is 50.0 Å². The van der Waals surface area contributed by atoms with Crippen molar-refractivity contribution in [1.82, 2.24) is 4.90 Å². The standard InChI is InChI=1S/C20H18N2O3/c1-3-10-22-19(24)16-9-8-14(12-17(16)20(22)25)18(23)21-15-7-5-6-13(4-2)11-15/h4-9,11-12H,2-3,10H2,1H3,(H,21,23). The molecule has 0 fully saturated rings. The Hall–Kier alpha value is -3.21. The van der Waals surface area contributed by atoms with Crippen LogP contribution in [-0.2, 0) is 0 Å². The molecule has 0 unspecified atom stereocenters. The SMILES string of the molecule is C=Cc1cccc(NC(=O)c2ccc3c(c2)C(=O)N(CCC)C3=O)c1. The molecule has 0 saturated heterocycles. The molecule has 0 spiro atoms. The van der Waals surface area contributed by atoms with Gasteiger partial charge in [0.2, 0.25) is 0 Å². The van der Waals surface area contributed by atoms with Crippen molar-refractivity contribution >= 4 is 29.5 Å². The van der Waals surface area contributed by atoms with E-state index in [4.69, 9.17) is 0 Å². The molecule has 0 saturated carbocycles. The van der Waals surface area contributed by atoms with Crippen molar-refractivity contribution in [1.29, 1.82) is 0 Å². The molecule has 2 aromatic rings. The molecule has 0 aromatic heterocycles. The van der Waals surface area contributed by atoms with Crippen LogP contribution in [0.15, 0.2) is 49.0 Å². The van der Waals surface area contributed by atoms with Crippen molar-refractivity contribution in [3.63, 3.8) is 0 Å². The maximum absolute atomic E-state index is 12.5. The molecule has 0 aliphatic carbocycles. The molecule has 3 amide bonds. The summed E-state index contributed by atoms with van der Waals surface area (Å²) in [5.41, 5.74) is 2.50. The van der Waals surface area contributed by atoms with Gasteiger partial charge in [-0.25, -0.2) is 0 Å². The first-order valence-electron chi connectivity index (χ1n) is 8.09. The molecular weight excluding hydrogens is 316 g/mol. The van der Waals surface area contributed by atoms with Gasteiger partial charge in [-0.1, -0.05) is 31.7 Å². The Kier molecular flexibility index (Phi) is 4.48. The van der Waals surface area contributed by atoms with Crippen LogP contribution in [0.4, 0.5) is 5.69 Å². The number of nitrogens with zero attached hydrogens (tertiary/aromatic N) is 1. The van der Waals surface area contributed by atoms with Gasteiger partial charge in [-0.2, -0.15) is 0 Å². The van der Waals surface area contributed by atoms with Crippen LogP contribution < -0.4 is 5.32 Å². The minimum absolute atomic E-state index is 0.283. The number of benzene rings is 2. The monoisotopic (exact) mass is 334 g/mol. The second-order valence-electron chi connectivity index (χ2n) is 5.81. The van der Waals surface area contributed by atoms with Crippen LogP contribution in [0.2, 0.25) is 0 Å². The summed E-state index contributed by atoms with van der Waals surface area (Å²) in [6.45, 7) is 5.98. The summed E-state index contributed by atoms with van der Waals surface area (Å²) in [7, 11) is 0. The highest BCUT2D eigenvalue weighted by atomic mass is 16.2. The van der Waals surface area contributed by atoms with Crippen molar-refractivity contribution in [2.45, 2.75) is 13.3 Å². The van der Waals surface area contributed by atoms with Gasteiger partial charge in [-0.15, -0.1) is 0 Å². The summed E-state index contributed by atoms with van der Waals surface area (Å²) in [6.07, 6.45) is 2.39. The fourth-order valence-electron chi connectivity index (χ4n) is 2.81. The Morgan fingerprint density at radius 1 is 1.12 bits per heavy atom. The van der Waals surface area contributed by atoms with Crippen molar-refractivity contribution in [2.75, 3.05) is 11.9 Å². The Morgan fingerprint density at radius 3 is 2.60 bits per heavy atom. The predicted octanol–water partition coefficient (Wildman–Crippen LogP) is 3.59. The predicted molar refractivity (Wildman–Crippen MR) is 96.6 cm³/mol. The Morgan fingerprint density at radius 2 is 1.88 bits per heavy atom. The second kappa shape index (κ2) is 6.73. The summed E-state index contributed by atoms with van der Waals surface area (Å²) < 4.78 is 0. The fourth-order valence-corrected chi connectivity index (χ4v) is 2.81. The van der Waals surface area contributed by atoms with Gasteiger partial charge >= 0.3 is 0 Å². The molecule has 126 valence electrons. The lowest BCUT2D eigenvalue weighted by Crippen LogP contribution is -2.30. The van der Waals surface area contributed by atoms with Crippen LogP contribution in [0.25, 0.3) is 6.08 Å². The van der Waals surface area contributed by atoms with Gasteiger partial charge in [0.25, 0.3) is 17.7 Å². The number of nitrogens with one attached hydrogen (secondary N) is 1. The van der Waals surface area contributed by atoms with Crippen LogP contribution in [-0.4, -0.2) is 29.2 Å². The van der Waals surface area contributed by atoms with E-state index in [2.05, 4.69) is 11.9 Å². The molecule has 5 heteroatoms. The van der Waals surface area contributed by atoms with Crippen LogP contribution >= 0.6 is 0 Å². The van der Waals surface area contributed by atoms with Crippen LogP contribution in [0.3, 0.4) is 0 Å². The van der Waals surface area contributed by atoms with E-state index >= 15 is 0 Å². The normalized spacial score (nSPS) is 12.9. The molecule has 0 radical (unpaired) electrons. The number of rotatable bonds is 5. The molecule has 2 aromatic carbocycles. The van der Waals surface area contributed by atoms with Gasteiger partial charge in [0.15, 0.2) is 0 Å². The number of anilines is 1. The highest BCUT2D eigenvalue weighted by molar-refractivity contribution is 6.22. The molecule has 25 heavy (non-hydrogen) atoms. The first kappa shape index (κ1) is 16.6. The third-order valence-electron chi connectivity index (χ3n) is 4.06. The lowest BCUT2D eigenvalue weighted by molar-refractivity contribution is 0.0654. The van der Waals surface area contributed by atoms with E-state index in [1.807, 2.05) is 19.1 Å². The van der Waals surface area contributed by atoms with E-state index in [9.17, 15) is 14.4 Å². The number of fused-ring (bicyclic) bond motifs is 1. The Bertz CT molecular complexity index is 886. The zero-order valence-electron chi connectivity index (χ0n) is 13.9. The van der Waals surface area contributed by atoms with Crippen molar-refractivity contribution in [3.05, 3.63) is 71.3 Å². The topological polar surface area (TPSA) is 66.5 Å². The summed E-state index contributed by atoms with van der Waals surface area (Å²) in [5.74, 6) is -0.976. The minimum Gasteiger partial charge on any atom is -0.322 e. The molecule has 1 aliphatic heterocycles. The highest BCUT2D eigenvalue weighted by Gasteiger charge is 2.35. The largest absolute Gasteiger partial charge is 0.322 e. The lowest BCUT2D eigenvalue weighted by atomic mass is 10.1. The minimum atomic E-state index is -0.342. The summed E-state index contributed by atoms with van der Waals surface area (Å²) in [4.78, 5) is 38.3. The molecule has 0 bridgehead atoms. The number of hydrogen-bond donors (Lipinski definition) is 1. The van der Waals surface area contributed by atoms with E-state index in [0.29, 0.717) is 29.8 Å². The zero-order valence-corrected chi connectivity index (χ0v) is 13.9. The van der Waals surface area contributed by atoms with Crippen LogP contribution in [0.5, 0.6) is 0 Å². The van der Waals surface area contributed by atoms with Crippen molar-refractivity contribution in [3.8, 4) is 0 Å². The maximum Gasteiger partial charge on any atom is 0.261 e. The van der Waals surface area contributed by atoms with Crippen LogP contribution in [0, 0.1) is 0 Å². The van der Waals surface area contributed by atoms with E-state index in [1.165, 1.54) is 11.0 Å².